The van der Waals surface area contributed by atoms with E-state index in [4.69, 9.17) is 0 Å². The summed E-state index contributed by atoms with van der Waals surface area (Å²) < 4.78 is 1.97. The van der Waals surface area contributed by atoms with Crippen molar-refractivity contribution in [2.45, 2.75) is 32.6 Å². The molecular formula is C29H32N4O4. The number of nitro benzene ring substituents is 1. The molecule has 2 amide bonds. The minimum absolute atomic E-state index is 0.000104. The summed E-state index contributed by atoms with van der Waals surface area (Å²) in [6.45, 7) is 4.69. The van der Waals surface area contributed by atoms with E-state index in [0.717, 1.165) is 30.2 Å². The summed E-state index contributed by atoms with van der Waals surface area (Å²) >= 11 is 0. The number of carbonyl (C=O) groups excluding carboxylic acids is 2. The van der Waals surface area contributed by atoms with E-state index >= 15 is 0 Å². The van der Waals surface area contributed by atoms with Crippen LogP contribution in [0.25, 0.3) is 17.0 Å². The third-order valence-corrected chi connectivity index (χ3v) is 8.09. The van der Waals surface area contributed by atoms with Gasteiger partial charge in [-0.2, -0.15) is 0 Å². The predicted octanol–water partition coefficient (Wildman–Crippen LogP) is 5.03. The fourth-order valence-electron chi connectivity index (χ4n) is 5.80. The van der Waals surface area contributed by atoms with Gasteiger partial charge in [-0.05, 0) is 54.9 Å². The Labute approximate surface area is 216 Å². The van der Waals surface area contributed by atoms with Gasteiger partial charge in [0.25, 0.3) is 11.6 Å². The zero-order valence-electron chi connectivity index (χ0n) is 21.4. The number of fused-ring (bicyclic) bond motifs is 1. The van der Waals surface area contributed by atoms with Crippen molar-refractivity contribution in [2.75, 3.05) is 26.2 Å². The van der Waals surface area contributed by atoms with Crippen molar-refractivity contribution in [3.8, 4) is 0 Å². The van der Waals surface area contributed by atoms with E-state index < -0.39 is 4.92 Å². The molecule has 0 radical (unpaired) electrons. The van der Waals surface area contributed by atoms with Gasteiger partial charge in [-0.3, -0.25) is 19.7 Å². The maximum absolute atomic E-state index is 13.4. The number of amides is 2. The molecule has 3 aromatic rings. The van der Waals surface area contributed by atoms with Crippen molar-refractivity contribution < 1.29 is 14.5 Å². The monoisotopic (exact) mass is 500 g/mol. The van der Waals surface area contributed by atoms with E-state index in [-0.39, 0.29) is 22.9 Å². The van der Waals surface area contributed by atoms with Crippen molar-refractivity contribution in [3.63, 3.8) is 0 Å². The van der Waals surface area contributed by atoms with Crippen molar-refractivity contribution in [1.82, 2.24) is 14.4 Å². The van der Waals surface area contributed by atoms with E-state index in [1.54, 1.807) is 18.2 Å². The molecule has 192 valence electrons. The molecule has 37 heavy (non-hydrogen) atoms. The summed E-state index contributed by atoms with van der Waals surface area (Å²) in [4.78, 5) is 41.2. The van der Waals surface area contributed by atoms with Gasteiger partial charge in [-0.25, -0.2) is 0 Å². The van der Waals surface area contributed by atoms with Crippen LogP contribution in [-0.2, 0) is 11.8 Å². The van der Waals surface area contributed by atoms with Crippen LogP contribution in [0.1, 0.15) is 48.7 Å². The number of hydrogen-bond acceptors (Lipinski definition) is 4. The molecular weight excluding hydrogens is 468 g/mol. The molecule has 8 heteroatoms. The largest absolute Gasteiger partial charge is 0.340 e. The molecule has 0 unspecified atom stereocenters. The van der Waals surface area contributed by atoms with Crippen LogP contribution in [0, 0.1) is 15.5 Å². The molecule has 2 aromatic carbocycles. The van der Waals surface area contributed by atoms with Crippen molar-refractivity contribution in [2.24, 2.45) is 12.5 Å². The number of aryl methyl sites for hydroxylation is 1. The minimum Gasteiger partial charge on any atom is -0.340 e. The maximum atomic E-state index is 13.4. The van der Waals surface area contributed by atoms with Crippen molar-refractivity contribution in [1.29, 1.82) is 0 Å². The summed E-state index contributed by atoms with van der Waals surface area (Å²) in [6.07, 6.45) is 5.01. The number of nitrogens with zero attached hydrogens (tertiary/aromatic N) is 4. The Morgan fingerprint density at radius 3 is 2.38 bits per heavy atom. The van der Waals surface area contributed by atoms with Crippen LogP contribution < -0.4 is 0 Å². The Hall–Kier alpha value is -3.94. The molecule has 5 rings (SSSR count). The Bertz CT molecular complexity index is 1400. The van der Waals surface area contributed by atoms with Gasteiger partial charge in [0.05, 0.1) is 4.92 Å². The van der Waals surface area contributed by atoms with E-state index in [9.17, 15) is 19.7 Å². The fraction of sp³-hybridized carbons (Fsp3) is 0.379. The number of likely N-dealkylation sites (tertiary alicyclic amines) is 2. The quantitative estimate of drug-likeness (QED) is 0.279. The summed E-state index contributed by atoms with van der Waals surface area (Å²) in [5, 5.41) is 12.2. The standard InChI is InChI=1S/C29H32N4O4/c1-3-22(17-21-7-6-9-24(18-21)33(36)37)27(34)32-16-13-29(20-32)11-14-31(15-12-29)28(35)26-19-23-8-4-5-10-25(23)30(26)2/h4-10,17-19H,3,11-16,20H2,1-2H3. The normalized spacial score (nSPS) is 17.5. The molecule has 2 saturated heterocycles. The average molecular weight is 501 g/mol. The second kappa shape index (κ2) is 9.84. The number of rotatable bonds is 5. The first-order valence-corrected chi connectivity index (χ1v) is 12.9. The van der Waals surface area contributed by atoms with Gasteiger partial charge in [-0.15, -0.1) is 0 Å². The van der Waals surface area contributed by atoms with E-state index in [2.05, 4.69) is 0 Å². The highest BCUT2D eigenvalue weighted by Crippen LogP contribution is 2.41. The topological polar surface area (TPSA) is 88.7 Å². The lowest BCUT2D eigenvalue weighted by atomic mass is 9.77. The average Bonchev–Trinajstić information content (AvgIpc) is 3.48. The van der Waals surface area contributed by atoms with Gasteiger partial charge in [0.2, 0.25) is 5.91 Å². The molecule has 0 atom stereocenters. The van der Waals surface area contributed by atoms with Gasteiger partial charge in [0.15, 0.2) is 0 Å². The number of non-ortho nitro benzene ring substituents is 1. The SMILES string of the molecule is CCC(=Cc1cccc([N+](=O)[O-])c1)C(=O)N1CCC2(CCN(C(=O)c3cc4ccccc4n3C)CC2)C1. The number of hydrogen-bond donors (Lipinski definition) is 0. The molecule has 8 nitrogen and oxygen atoms in total. The van der Waals surface area contributed by atoms with Crippen LogP contribution in [-0.4, -0.2) is 57.3 Å². The van der Waals surface area contributed by atoms with Crippen molar-refractivity contribution in [3.05, 3.63) is 81.5 Å². The first kappa shape index (κ1) is 24.7. The Morgan fingerprint density at radius 1 is 1.00 bits per heavy atom. The molecule has 0 saturated carbocycles. The van der Waals surface area contributed by atoms with Gasteiger partial charge >= 0.3 is 0 Å². The smallest absolute Gasteiger partial charge is 0.270 e. The van der Waals surface area contributed by atoms with Gasteiger partial charge in [0, 0.05) is 61.8 Å². The number of piperidine rings is 1. The second-order valence-electron chi connectivity index (χ2n) is 10.3. The number of aromatic nitrogens is 1. The molecule has 2 aliphatic rings. The Morgan fingerprint density at radius 2 is 1.70 bits per heavy atom. The summed E-state index contributed by atoms with van der Waals surface area (Å²) in [6, 6.07) is 16.4. The van der Waals surface area contributed by atoms with E-state index in [1.165, 1.54) is 12.1 Å². The molecule has 0 aliphatic carbocycles. The third kappa shape index (κ3) is 4.75. The zero-order chi connectivity index (χ0) is 26.2. The Balaban J connectivity index is 1.24. The fourth-order valence-corrected chi connectivity index (χ4v) is 5.80. The predicted molar refractivity (Wildman–Crippen MR) is 143 cm³/mol. The minimum atomic E-state index is -0.424. The van der Waals surface area contributed by atoms with Crippen LogP contribution in [0.2, 0.25) is 0 Å². The molecule has 1 spiro atoms. The highest BCUT2D eigenvalue weighted by Gasteiger charge is 2.43. The highest BCUT2D eigenvalue weighted by molar-refractivity contribution is 5.99. The van der Waals surface area contributed by atoms with Crippen LogP contribution >= 0.6 is 0 Å². The lowest BCUT2D eigenvalue weighted by Gasteiger charge is -2.39. The number of carbonyl (C=O) groups is 2. The zero-order valence-corrected chi connectivity index (χ0v) is 21.4. The first-order chi connectivity index (χ1) is 17.8. The summed E-state index contributed by atoms with van der Waals surface area (Å²) in [5.41, 5.74) is 3.12. The molecule has 2 fully saturated rings. The Kier molecular flexibility index (Phi) is 6.58. The molecule has 0 N–H and O–H groups in total. The van der Waals surface area contributed by atoms with E-state index in [1.807, 2.05) is 58.7 Å². The van der Waals surface area contributed by atoms with Crippen LogP contribution in [0.5, 0.6) is 0 Å². The van der Waals surface area contributed by atoms with Gasteiger partial charge in [-0.1, -0.05) is 37.3 Å². The number of para-hydroxylation sites is 1. The van der Waals surface area contributed by atoms with Gasteiger partial charge in [0.1, 0.15) is 5.69 Å². The number of nitro groups is 1. The second-order valence-corrected chi connectivity index (χ2v) is 10.3. The lowest BCUT2D eigenvalue weighted by Crippen LogP contribution is -2.45. The first-order valence-electron chi connectivity index (χ1n) is 12.9. The highest BCUT2D eigenvalue weighted by atomic mass is 16.6. The summed E-state index contributed by atoms with van der Waals surface area (Å²) in [7, 11) is 1.94. The van der Waals surface area contributed by atoms with Gasteiger partial charge < -0.3 is 14.4 Å². The summed E-state index contributed by atoms with van der Waals surface area (Å²) in [5.74, 6) is 0.0625. The van der Waals surface area contributed by atoms with Crippen LogP contribution in [0.15, 0.2) is 60.2 Å². The number of benzene rings is 2. The van der Waals surface area contributed by atoms with Crippen LogP contribution in [0.4, 0.5) is 5.69 Å². The van der Waals surface area contributed by atoms with Crippen molar-refractivity contribution >= 4 is 34.5 Å². The molecule has 1 aromatic heterocycles. The molecule has 3 heterocycles. The van der Waals surface area contributed by atoms with Crippen LogP contribution in [0.3, 0.4) is 0 Å². The maximum Gasteiger partial charge on any atom is 0.270 e. The van der Waals surface area contributed by atoms with E-state index in [0.29, 0.717) is 49.4 Å². The molecule has 2 aliphatic heterocycles. The third-order valence-electron chi connectivity index (χ3n) is 8.09. The lowest BCUT2D eigenvalue weighted by molar-refractivity contribution is -0.384. The molecule has 0 bridgehead atoms.